The Morgan fingerprint density at radius 3 is 2.53 bits per heavy atom. The molecule has 0 radical (unpaired) electrons. The molecule has 3 aliphatic carbocycles. The molecule has 15 heavy (non-hydrogen) atoms. The second-order valence-electron chi connectivity index (χ2n) is 5.94. The Morgan fingerprint density at radius 2 is 2.00 bits per heavy atom. The number of hydrogen-bond donors (Lipinski definition) is 3. The molecule has 4 atom stereocenters. The average molecular weight is 213 g/mol. The normalized spacial score (nSPS) is 47.4. The summed E-state index contributed by atoms with van der Waals surface area (Å²) >= 11 is 0. The largest absolute Gasteiger partial charge is 0.390 e. The van der Waals surface area contributed by atoms with Crippen molar-refractivity contribution in [3.05, 3.63) is 0 Å². The van der Waals surface area contributed by atoms with Crippen molar-refractivity contribution in [2.45, 2.75) is 51.2 Å². The molecule has 2 bridgehead atoms. The van der Waals surface area contributed by atoms with Crippen LogP contribution in [0.2, 0.25) is 0 Å². The van der Waals surface area contributed by atoms with Crippen molar-refractivity contribution in [1.29, 1.82) is 0 Å². The average Bonchev–Trinajstić information content (AvgIpc) is 2.18. The number of nitrogens with two attached hydrogens (primary N) is 1. The van der Waals surface area contributed by atoms with E-state index in [2.05, 4.69) is 13.8 Å². The van der Waals surface area contributed by atoms with Crippen LogP contribution >= 0.6 is 0 Å². The van der Waals surface area contributed by atoms with E-state index in [4.69, 9.17) is 5.73 Å². The molecule has 0 saturated heterocycles. The van der Waals surface area contributed by atoms with Gasteiger partial charge in [0.1, 0.15) is 0 Å². The van der Waals surface area contributed by atoms with Gasteiger partial charge >= 0.3 is 0 Å². The Morgan fingerprint density at radius 1 is 1.33 bits per heavy atom. The fourth-order valence-electron chi connectivity index (χ4n) is 3.70. The smallest absolute Gasteiger partial charge is 0.0939 e. The van der Waals surface area contributed by atoms with Crippen LogP contribution in [0.3, 0.4) is 0 Å². The summed E-state index contributed by atoms with van der Waals surface area (Å²) in [4.78, 5) is 0. The van der Waals surface area contributed by atoms with Crippen molar-refractivity contribution in [3.63, 3.8) is 0 Å². The fourth-order valence-corrected chi connectivity index (χ4v) is 3.70. The predicted molar refractivity (Wildman–Crippen MR) is 59.2 cm³/mol. The third-order valence-corrected chi connectivity index (χ3v) is 4.94. The lowest BCUT2D eigenvalue weighted by molar-refractivity contribution is -0.256. The van der Waals surface area contributed by atoms with Crippen LogP contribution in [0, 0.1) is 17.3 Å². The van der Waals surface area contributed by atoms with E-state index in [1.54, 1.807) is 0 Å². The third kappa shape index (κ3) is 1.44. The Kier molecular flexibility index (Phi) is 2.61. The molecule has 3 saturated carbocycles. The summed E-state index contributed by atoms with van der Waals surface area (Å²) < 4.78 is 0. The van der Waals surface area contributed by atoms with Crippen LogP contribution < -0.4 is 5.73 Å². The summed E-state index contributed by atoms with van der Waals surface area (Å²) in [5, 5.41) is 20.6. The first-order valence-electron chi connectivity index (χ1n) is 6.03. The summed E-state index contributed by atoms with van der Waals surface area (Å²) in [6.45, 7) is 5.02. The van der Waals surface area contributed by atoms with E-state index in [1.807, 2.05) is 0 Å². The zero-order valence-electron chi connectivity index (χ0n) is 9.74. The van der Waals surface area contributed by atoms with Crippen LogP contribution in [0.15, 0.2) is 0 Å². The zero-order chi connectivity index (χ0) is 11.3. The van der Waals surface area contributed by atoms with E-state index in [-0.39, 0.29) is 11.3 Å². The molecular formula is C12H23NO2. The molecule has 0 aromatic heterocycles. The van der Waals surface area contributed by atoms with Crippen molar-refractivity contribution in [3.8, 4) is 0 Å². The zero-order valence-corrected chi connectivity index (χ0v) is 9.74. The number of aliphatic hydroxyl groups excluding tert-OH is 1. The highest BCUT2D eigenvalue weighted by Gasteiger charge is 2.63. The summed E-state index contributed by atoms with van der Waals surface area (Å²) in [5.41, 5.74) is 4.80. The van der Waals surface area contributed by atoms with Gasteiger partial charge in [-0.05, 0) is 49.5 Å². The maximum absolute atomic E-state index is 10.6. The Labute approximate surface area is 91.7 Å². The maximum atomic E-state index is 10.6. The summed E-state index contributed by atoms with van der Waals surface area (Å²) in [7, 11) is 0. The van der Waals surface area contributed by atoms with Crippen LogP contribution in [-0.4, -0.2) is 28.5 Å². The lowest BCUT2D eigenvalue weighted by Crippen LogP contribution is -2.67. The number of fused-ring (bicyclic) bond motifs is 2. The highest BCUT2D eigenvalue weighted by molar-refractivity contribution is 5.13. The molecule has 3 rings (SSSR count). The predicted octanol–water partition coefficient (Wildman–Crippen LogP) is 0.883. The van der Waals surface area contributed by atoms with Crippen LogP contribution in [-0.2, 0) is 0 Å². The number of aliphatic hydroxyl groups is 2. The quantitative estimate of drug-likeness (QED) is 0.652. The van der Waals surface area contributed by atoms with E-state index >= 15 is 0 Å². The molecule has 0 heterocycles. The van der Waals surface area contributed by atoms with E-state index in [9.17, 15) is 10.2 Å². The molecule has 0 aliphatic heterocycles. The van der Waals surface area contributed by atoms with Gasteiger partial charge in [-0.2, -0.15) is 0 Å². The third-order valence-electron chi connectivity index (χ3n) is 4.94. The van der Waals surface area contributed by atoms with E-state index in [0.717, 1.165) is 19.3 Å². The summed E-state index contributed by atoms with van der Waals surface area (Å²) in [5.74, 6) is 0.848. The molecule has 3 aliphatic rings. The lowest BCUT2D eigenvalue weighted by Gasteiger charge is -2.65. The van der Waals surface area contributed by atoms with E-state index in [0.29, 0.717) is 18.9 Å². The fraction of sp³-hybridized carbons (Fsp3) is 1.00. The molecule has 3 nitrogen and oxygen atoms in total. The molecule has 0 aromatic rings. The highest BCUT2D eigenvalue weighted by atomic mass is 16.3. The molecule has 3 fully saturated rings. The Balaban J connectivity index is 2.14. The topological polar surface area (TPSA) is 66.5 Å². The van der Waals surface area contributed by atoms with Gasteiger partial charge in [0.15, 0.2) is 0 Å². The van der Waals surface area contributed by atoms with Crippen molar-refractivity contribution in [1.82, 2.24) is 0 Å². The van der Waals surface area contributed by atoms with Gasteiger partial charge in [-0.25, -0.2) is 0 Å². The lowest BCUT2D eigenvalue weighted by atomic mass is 9.43. The van der Waals surface area contributed by atoms with Gasteiger partial charge in [-0.1, -0.05) is 13.8 Å². The monoisotopic (exact) mass is 213 g/mol. The number of hydrogen-bond acceptors (Lipinski definition) is 3. The minimum absolute atomic E-state index is 0.197. The van der Waals surface area contributed by atoms with Crippen LogP contribution in [0.25, 0.3) is 0 Å². The van der Waals surface area contributed by atoms with Gasteiger partial charge in [-0.3, -0.25) is 0 Å². The van der Waals surface area contributed by atoms with Gasteiger partial charge < -0.3 is 15.9 Å². The van der Waals surface area contributed by atoms with Gasteiger partial charge in [0.25, 0.3) is 0 Å². The summed E-state index contributed by atoms with van der Waals surface area (Å²) in [6, 6.07) is 0. The van der Waals surface area contributed by atoms with Crippen molar-refractivity contribution < 1.29 is 10.2 Å². The second kappa shape index (κ2) is 3.44. The standard InChI is InChI=1S/C12H23NO2/c1-11(2)8-6-9(11)12(15,4-3-5-13)10(14)7-8/h8-10,14-15H,3-7,13H2,1-2H3/t8-,9-,10+,12-/m1/s1. The Hall–Kier alpha value is -0.120. The van der Waals surface area contributed by atoms with Crippen molar-refractivity contribution in [2.75, 3.05) is 6.54 Å². The number of rotatable bonds is 3. The van der Waals surface area contributed by atoms with Gasteiger partial charge in [0, 0.05) is 0 Å². The maximum Gasteiger partial charge on any atom is 0.0939 e. The minimum Gasteiger partial charge on any atom is -0.390 e. The van der Waals surface area contributed by atoms with Gasteiger partial charge in [0.05, 0.1) is 11.7 Å². The van der Waals surface area contributed by atoms with Gasteiger partial charge in [0.2, 0.25) is 0 Å². The van der Waals surface area contributed by atoms with E-state index < -0.39 is 11.7 Å². The first-order valence-corrected chi connectivity index (χ1v) is 6.03. The molecular weight excluding hydrogens is 190 g/mol. The van der Waals surface area contributed by atoms with Crippen LogP contribution in [0.5, 0.6) is 0 Å². The molecule has 0 spiro atoms. The van der Waals surface area contributed by atoms with Crippen molar-refractivity contribution in [2.24, 2.45) is 23.0 Å². The molecule has 4 N–H and O–H groups in total. The highest BCUT2D eigenvalue weighted by Crippen LogP contribution is 2.63. The first kappa shape index (κ1) is 11.4. The Bertz CT molecular complexity index is 254. The van der Waals surface area contributed by atoms with Gasteiger partial charge in [-0.15, -0.1) is 0 Å². The minimum atomic E-state index is -0.877. The molecule has 0 unspecified atom stereocenters. The molecule has 0 amide bonds. The first-order chi connectivity index (χ1) is 6.93. The molecule has 0 aromatic carbocycles. The second-order valence-corrected chi connectivity index (χ2v) is 5.94. The van der Waals surface area contributed by atoms with Crippen LogP contribution in [0.4, 0.5) is 0 Å². The van der Waals surface area contributed by atoms with Crippen molar-refractivity contribution >= 4 is 0 Å². The SMILES string of the molecule is CC1(C)[C@@H]2C[C@H]1[C@](O)(CCCN)[C@@H](O)C2. The van der Waals surface area contributed by atoms with E-state index in [1.165, 1.54) is 0 Å². The summed E-state index contributed by atoms with van der Waals surface area (Å²) in [6.07, 6.45) is 2.73. The molecule has 88 valence electrons. The molecule has 3 heteroatoms. The van der Waals surface area contributed by atoms with Crippen LogP contribution in [0.1, 0.15) is 39.5 Å².